The van der Waals surface area contributed by atoms with Crippen molar-refractivity contribution in [2.24, 2.45) is 11.7 Å². The number of hydrogen-bond acceptors (Lipinski definition) is 5. The minimum atomic E-state index is -0.501. The molecule has 1 aliphatic rings. The highest BCUT2D eigenvalue weighted by molar-refractivity contribution is 7.17. The molecular formula is C19H22N2O4S. The molecule has 0 spiro atoms. The van der Waals surface area contributed by atoms with Gasteiger partial charge in [-0.15, -0.1) is 11.3 Å². The third-order valence-corrected chi connectivity index (χ3v) is 5.83. The molecule has 0 fully saturated rings. The predicted molar refractivity (Wildman–Crippen MR) is 102 cm³/mol. The summed E-state index contributed by atoms with van der Waals surface area (Å²) in [5.74, 6) is 0.695. The fourth-order valence-electron chi connectivity index (χ4n) is 3.26. The lowest BCUT2D eigenvalue weighted by atomic mass is 9.87. The van der Waals surface area contributed by atoms with Crippen LogP contribution in [0.2, 0.25) is 0 Å². The second-order valence-electron chi connectivity index (χ2n) is 6.44. The molecule has 1 unspecified atom stereocenters. The van der Waals surface area contributed by atoms with E-state index in [1.54, 1.807) is 18.2 Å². The van der Waals surface area contributed by atoms with Crippen molar-refractivity contribution in [1.29, 1.82) is 0 Å². The predicted octanol–water partition coefficient (Wildman–Crippen LogP) is 3.24. The van der Waals surface area contributed by atoms with E-state index in [9.17, 15) is 9.59 Å². The van der Waals surface area contributed by atoms with Crippen LogP contribution in [0.4, 0.5) is 5.00 Å². The zero-order chi connectivity index (χ0) is 18.8. The summed E-state index contributed by atoms with van der Waals surface area (Å²) in [5, 5.41) is 3.38. The number of fused-ring (bicyclic) bond motifs is 1. The fourth-order valence-corrected chi connectivity index (χ4v) is 4.50. The number of carbonyl (C=O) groups is 2. The molecule has 0 bridgehead atoms. The van der Waals surface area contributed by atoms with Gasteiger partial charge in [-0.25, -0.2) is 0 Å². The van der Waals surface area contributed by atoms with Crippen LogP contribution in [0, 0.1) is 5.92 Å². The first kappa shape index (κ1) is 18.3. The van der Waals surface area contributed by atoms with E-state index < -0.39 is 5.91 Å². The first-order chi connectivity index (χ1) is 12.4. The van der Waals surface area contributed by atoms with Crippen molar-refractivity contribution >= 4 is 28.2 Å². The number of rotatable bonds is 5. The van der Waals surface area contributed by atoms with Crippen molar-refractivity contribution in [2.75, 3.05) is 19.5 Å². The van der Waals surface area contributed by atoms with Gasteiger partial charge in [0, 0.05) is 10.4 Å². The molecule has 0 saturated heterocycles. The number of ether oxygens (including phenoxy) is 2. The Morgan fingerprint density at radius 1 is 1.23 bits per heavy atom. The molecule has 0 saturated carbocycles. The number of amides is 2. The number of nitrogens with one attached hydrogen (secondary N) is 1. The number of hydrogen-bond donors (Lipinski definition) is 2. The quantitative estimate of drug-likeness (QED) is 0.840. The molecule has 1 heterocycles. The van der Waals surface area contributed by atoms with Gasteiger partial charge < -0.3 is 20.5 Å². The van der Waals surface area contributed by atoms with Gasteiger partial charge in [0.1, 0.15) is 5.00 Å². The molecule has 1 atom stereocenters. The molecule has 6 nitrogen and oxygen atoms in total. The summed E-state index contributed by atoms with van der Waals surface area (Å²) in [7, 11) is 3.05. The van der Waals surface area contributed by atoms with E-state index in [1.807, 2.05) is 0 Å². The van der Waals surface area contributed by atoms with Crippen LogP contribution in [0.5, 0.6) is 11.5 Å². The van der Waals surface area contributed by atoms with Crippen LogP contribution in [-0.4, -0.2) is 26.0 Å². The van der Waals surface area contributed by atoms with Gasteiger partial charge in [-0.05, 0) is 48.9 Å². The molecule has 3 rings (SSSR count). The molecule has 1 aromatic heterocycles. The van der Waals surface area contributed by atoms with Gasteiger partial charge in [-0.2, -0.15) is 0 Å². The highest BCUT2D eigenvalue weighted by Crippen LogP contribution is 2.39. The van der Waals surface area contributed by atoms with Gasteiger partial charge in [-0.3, -0.25) is 9.59 Å². The average molecular weight is 374 g/mol. The van der Waals surface area contributed by atoms with Crippen LogP contribution in [-0.2, 0) is 12.8 Å². The Bertz CT molecular complexity index is 859. The second-order valence-corrected chi connectivity index (χ2v) is 7.55. The number of aryl methyl sites for hydroxylation is 1. The number of carbonyl (C=O) groups excluding carboxylic acids is 2. The van der Waals surface area contributed by atoms with Crippen LogP contribution < -0.4 is 20.5 Å². The summed E-state index contributed by atoms with van der Waals surface area (Å²) in [6, 6.07) is 4.92. The zero-order valence-corrected chi connectivity index (χ0v) is 15.9. The van der Waals surface area contributed by atoms with Gasteiger partial charge in [0.25, 0.3) is 11.8 Å². The van der Waals surface area contributed by atoms with Crippen LogP contribution in [0.15, 0.2) is 18.2 Å². The third kappa shape index (κ3) is 3.39. The van der Waals surface area contributed by atoms with Crippen molar-refractivity contribution in [1.82, 2.24) is 0 Å². The molecule has 2 amide bonds. The van der Waals surface area contributed by atoms with Gasteiger partial charge in [0.15, 0.2) is 11.5 Å². The second kappa shape index (κ2) is 7.37. The minimum absolute atomic E-state index is 0.319. The van der Waals surface area contributed by atoms with Gasteiger partial charge in [0.2, 0.25) is 0 Å². The zero-order valence-electron chi connectivity index (χ0n) is 15.0. The number of primary amides is 1. The lowest BCUT2D eigenvalue weighted by Crippen LogP contribution is -2.19. The highest BCUT2D eigenvalue weighted by atomic mass is 32.1. The highest BCUT2D eigenvalue weighted by Gasteiger charge is 2.27. The van der Waals surface area contributed by atoms with E-state index in [4.69, 9.17) is 15.2 Å². The van der Waals surface area contributed by atoms with Crippen molar-refractivity contribution in [3.8, 4) is 11.5 Å². The van der Waals surface area contributed by atoms with Crippen LogP contribution in [0.25, 0.3) is 0 Å². The Morgan fingerprint density at radius 2 is 1.96 bits per heavy atom. The Kier molecular flexibility index (Phi) is 5.18. The van der Waals surface area contributed by atoms with E-state index >= 15 is 0 Å². The van der Waals surface area contributed by atoms with Crippen molar-refractivity contribution in [3.63, 3.8) is 0 Å². The molecule has 138 valence electrons. The summed E-state index contributed by atoms with van der Waals surface area (Å²) in [5.41, 5.74) is 7.46. The summed E-state index contributed by atoms with van der Waals surface area (Å²) >= 11 is 1.44. The fraction of sp³-hybridized carbons (Fsp3) is 0.368. The normalized spacial score (nSPS) is 15.9. The molecular weight excluding hydrogens is 352 g/mol. The summed E-state index contributed by atoms with van der Waals surface area (Å²) in [4.78, 5) is 25.8. The van der Waals surface area contributed by atoms with Crippen LogP contribution in [0.1, 0.15) is 44.5 Å². The molecule has 1 aromatic carbocycles. The van der Waals surface area contributed by atoms with Crippen molar-refractivity contribution in [2.45, 2.75) is 26.2 Å². The molecule has 0 aliphatic heterocycles. The molecule has 26 heavy (non-hydrogen) atoms. The first-order valence-corrected chi connectivity index (χ1v) is 9.24. The maximum absolute atomic E-state index is 12.7. The number of thiophene rings is 1. The van der Waals surface area contributed by atoms with E-state index in [1.165, 1.54) is 25.6 Å². The Hall–Kier alpha value is -2.54. The first-order valence-electron chi connectivity index (χ1n) is 8.42. The average Bonchev–Trinajstić information content (AvgIpc) is 2.97. The third-order valence-electron chi connectivity index (χ3n) is 4.63. The Morgan fingerprint density at radius 3 is 2.62 bits per heavy atom. The van der Waals surface area contributed by atoms with Gasteiger partial charge >= 0.3 is 0 Å². The lowest BCUT2D eigenvalue weighted by Gasteiger charge is -2.18. The lowest BCUT2D eigenvalue weighted by molar-refractivity contribution is 0.1000. The van der Waals surface area contributed by atoms with Crippen molar-refractivity contribution in [3.05, 3.63) is 39.8 Å². The molecule has 7 heteroatoms. The van der Waals surface area contributed by atoms with Crippen LogP contribution >= 0.6 is 11.3 Å². The van der Waals surface area contributed by atoms with E-state index in [2.05, 4.69) is 12.2 Å². The van der Waals surface area contributed by atoms with Crippen molar-refractivity contribution < 1.29 is 19.1 Å². The van der Waals surface area contributed by atoms with E-state index in [0.29, 0.717) is 33.5 Å². The van der Waals surface area contributed by atoms with Gasteiger partial charge in [-0.1, -0.05) is 6.92 Å². The molecule has 1 aliphatic carbocycles. The summed E-state index contributed by atoms with van der Waals surface area (Å²) < 4.78 is 10.4. The summed E-state index contributed by atoms with van der Waals surface area (Å²) in [6.45, 7) is 2.16. The van der Waals surface area contributed by atoms with E-state index in [0.717, 1.165) is 29.7 Å². The SMILES string of the molecule is COc1ccc(C(=O)Nc2sc3c(c2C(N)=O)CC(C)CC3)cc1OC. The molecule has 0 radical (unpaired) electrons. The number of nitrogens with two attached hydrogens (primary N) is 1. The summed E-state index contributed by atoms with van der Waals surface area (Å²) in [6.07, 6.45) is 2.80. The standard InChI is InChI=1S/C19H22N2O4S/c1-10-4-7-15-12(8-10)16(17(20)22)19(26-15)21-18(23)11-5-6-13(24-2)14(9-11)25-3/h5-6,9-10H,4,7-8H2,1-3H3,(H2,20,22)(H,21,23). The number of anilines is 1. The largest absolute Gasteiger partial charge is 0.493 e. The maximum atomic E-state index is 12.7. The monoisotopic (exact) mass is 374 g/mol. The minimum Gasteiger partial charge on any atom is -0.493 e. The number of benzene rings is 1. The maximum Gasteiger partial charge on any atom is 0.256 e. The Labute approximate surface area is 156 Å². The smallest absolute Gasteiger partial charge is 0.256 e. The van der Waals surface area contributed by atoms with Gasteiger partial charge in [0.05, 0.1) is 19.8 Å². The van der Waals surface area contributed by atoms with E-state index in [-0.39, 0.29) is 5.91 Å². The Balaban J connectivity index is 1.91. The number of methoxy groups -OCH3 is 2. The molecule has 3 N–H and O–H groups in total. The topological polar surface area (TPSA) is 90.6 Å². The molecule has 2 aromatic rings. The van der Waals surface area contributed by atoms with Crippen LogP contribution in [0.3, 0.4) is 0 Å².